The fraction of sp³-hybridized carbons (Fsp3) is 0.400. The largest absolute Gasteiger partial charge is 0.386 e. The van der Waals surface area contributed by atoms with Crippen molar-refractivity contribution < 1.29 is 9.90 Å². The molecule has 4 unspecified atom stereocenters. The van der Waals surface area contributed by atoms with E-state index < -0.39 is 12.0 Å². The van der Waals surface area contributed by atoms with E-state index in [-0.39, 0.29) is 11.9 Å². The number of hydrogen-bond acceptors (Lipinski definition) is 3. The second kappa shape index (κ2) is 6.15. The monoisotopic (exact) mass is 337 g/mol. The number of benzene rings is 1. The number of carbonyl (C=O) groups is 1. The van der Waals surface area contributed by atoms with Gasteiger partial charge in [0.05, 0.1) is 24.0 Å². The highest BCUT2D eigenvalue weighted by molar-refractivity contribution is 6.01. The summed E-state index contributed by atoms with van der Waals surface area (Å²) in [5.74, 6) is -0.327. The number of aliphatic hydroxyl groups excluding tert-OH is 1. The number of aryl methyl sites for hydroxylation is 1. The number of amides is 1. The normalized spacial score (nSPS) is 25.8. The van der Waals surface area contributed by atoms with Gasteiger partial charge in [-0.3, -0.25) is 4.79 Å². The summed E-state index contributed by atoms with van der Waals surface area (Å²) in [6.45, 7) is 4.03. The van der Waals surface area contributed by atoms with Crippen molar-refractivity contribution in [2.45, 2.75) is 44.8 Å². The lowest BCUT2D eigenvalue weighted by atomic mass is 9.86. The number of H-pyrrole nitrogens is 1. The molecule has 130 valence electrons. The number of fused-ring (bicyclic) bond motifs is 3. The Morgan fingerprint density at radius 2 is 2.12 bits per heavy atom. The second-order valence-electron chi connectivity index (χ2n) is 6.92. The lowest BCUT2D eigenvalue weighted by Gasteiger charge is -2.34. The quantitative estimate of drug-likeness (QED) is 0.842. The summed E-state index contributed by atoms with van der Waals surface area (Å²) < 4.78 is 0. The number of aromatic amines is 1. The molecule has 2 aromatic rings. The minimum atomic E-state index is -0.937. The van der Waals surface area contributed by atoms with Crippen molar-refractivity contribution in [3.8, 4) is 0 Å². The summed E-state index contributed by atoms with van der Waals surface area (Å²) in [5, 5.41) is 10.7. The van der Waals surface area contributed by atoms with Crippen LogP contribution in [0.1, 0.15) is 48.7 Å². The van der Waals surface area contributed by atoms with Gasteiger partial charge in [-0.15, -0.1) is 0 Å². The zero-order valence-electron chi connectivity index (χ0n) is 14.5. The van der Waals surface area contributed by atoms with E-state index in [9.17, 15) is 9.90 Å². The predicted octanol–water partition coefficient (Wildman–Crippen LogP) is 3.24. The molecule has 2 N–H and O–H groups in total. The molecule has 25 heavy (non-hydrogen) atoms. The molecule has 2 aliphatic heterocycles. The average molecular weight is 337 g/mol. The number of nitrogens with one attached hydrogen (secondary N) is 1. The standard InChI is InChI=1S/C20H23N3O2/c1-3-6-13-14-7-4-5-8-16(14)23-17(13)10-9-15(20(23)25)19(24)18-12(2)21-11-22-18/h4-5,7-11,13,15,17,19,24H,3,6H2,1-2H3,(H,21,22). The van der Waals surface area contributed by atoms with E-state index in [1.807, 2.05) is 36.1 Å². The minimum absolute atomic E-state index is 0.0477. The van der Waals surface area contributed by atoms with Crippen molar-refractivity contribution in [1.29, 1.82) is 0 Å². The maximum absolute atomic E-state index is 13.2. The van der Waals surface area contributed by atoms with Crippen molar-refractivity contribution in [2.75, 3.05) is 4.90 Å². The van der Waals surface area contributed by atoms with Gasteiger partial charge < -0.3 is 15.0 Å². The molecule has 1 amide bonds. The number of imidazole rings is 1. The third kappa shape index (κ3) is 2.42. The van der Waals surface area contributed by atoms with E-state index >= 15 is 0 Å². The number of hydrogen-bond donors (Lipinski definition) is 2. The summed E-state index contributed by atoms with van der Waals surface area (Å²) in [7, 11) is 0. The molecule has 0 radical (unpaired) electrons. The van der Waals surface area contributed by atoms with Crippen molar-refractivity contribution in [3.05, 3.63) is 59.7 Å². The van der Waals surface area contributed by atoms with Crippen molar-refractivity contribution in [3.63, 3.8) is 0 Å². The first-order valence-corrected chi connectivity index (χ1v) is 8.91. The molecule has 1 aromatic carbocycles. The maximum atomic E-state index is 13.2. The van der Waals surface area contributed by atoms with Crippen molar-refractivity contribution in [1.82, 2.24) is 9.97 Å². The van der Waals surface area contributed by atoms with Crippen LogP contribution in [0.3, 0.4) is 0 Å². The smallest absolute Gasteiger partial charge is 0.237 e. The van der Waals surface area contributed by atoms with Gasteiger partial charge in [0.2, 0.25) is 5.91 Å². The molecule has 1 aromatic heterocycles. The van der Waals surface area contributed by atoms with Crippen LogP contribution in [0, 0.1) is 12.8 Å². The Balaban J connectivity index is 1.72. The van der Waals surface area contributed by atoms with E-state index in [1.54, 1.807) is 6.33 Å². The summed E-state index contributed by atoms with van der Waals surface area (Å²) in [6, 6.07) is 8.19. The van der Waals surface area contributed by atoms with Crippen molar-refractivity contribution in [2.24, 2.45) is 5.92 Å². The van der Waals surface area contributed by atoms with Gasteiger partial charge in [-0.1, -0.05) is 43.7 Å². The Morgan fingerprint density at radius 1 is 1.32 bits per heavy atom. The molecule has 3 heterocycles. The van der Waals surface area contributed by atoms with Gasteiger partial charge in [-0.2, -0.15) is 0 Å². The zero-order chi connectivity index (χ0) is 17.6. The second-order valence-corrected chi connectivity index (χ2v) is 6.92. The van der Waals surface area contributed by atoms with Crippen LogP contribution < -0.4 is 4.90 Å². The van der Waals surface area contributed by atoms with Gasteiger partial charge in [0, 0.05) is 17.3 Å². The number of aliphatic hydroxyl groups is 1. The maximum Gasteiger partial charge on any atom is 0.237 e. The van der Waals surface area contributed by atoms with Crippen LogP contribution in [0.5, 0.6) is 0 Å². The van der Waals surface area contributed by atoms with Gasteiger partial charge in [-0.25, -0.2) is 4.98 Å². The molecular weight excluding hydrogens is 314 g/mol. The first kappa shape index (κ1) is 16.1. The average Bonchev–Trinajstić information content (AvgIpc) is 3.18. The first-order valence-electron chi connectivity index (χ1n) is 8.91. The fourth-order valence-corrected chi connectivity index (χ4v) is 4.22. The Morgan fingerprint density at radius 3 is 2.84 bits per heavy atom. The van der Waals surface area contributed by atoms with E-state index in [2.05, 4.69) is 29.0 Å². The molecule has 0 saturated heterocycles. The van der Waals surface area contributed by atoms with E-state index in [4.69, 9.17) is 0 Å². The number of aromatic nitrogens is 2. The van der Waals surface area contributed by atoms with Crippen LogP contribution in [-0.2, 0) is 4.79 Å². The molecule has 4 rings (SSSR count). The highest BCUT2D eigenvalue weighted by Crippen LogP contribution is 2.47. The van der Waals surface area contributed by atoms with Crippen LogP contribution in [0.15, 0.2) is 42.7 Å². The molecule has 0 spiro atoms. The van der Waals surface area contributed by atoms with Gasteiger partial charge in [0.15, 0.2) is 0 Å². The minimum Gasteiger partial charge on any atom is -0.386 e. The third-order valence-electron chi connectivity index (χ3n) is 5.43. The lowest BCUT2D eigenvalue weighted by molar-refractivity contribution is -0.124. The van der Waals surface area contributed by atoms with E-state index in [0.29, 0.717) is 11.6 Å². The number of para-hydroxylation sites is 1. The summed E-state index contributed by atoms with van der Waals surface area (Å²) in [6.07, 6.45) is 6.70. The molecule has 2 aliphatic rings. The topological polar surface area (TPSA) is 69.2 Å². The summed E-state index contributed by atoms with van der Waals surface area (Å²) in [4.78, 5) is 22.3. The van der Waals surface area contributed by atoms with Crippen LogP contribution in [0.2, 0.25) is 0 Å². The number of nitrogens with zero attached hydrogens (tertiary/aromatic N) is 2. The summed E-state index contributed by atoms with van der Waals surface area (Å²) in [5.41, 5.74) is 3.55. The van der Waals surface area contributed by atoms with Crippen molar-refractivity contribution >= 4 is 11.6 Å². The number of rotatable bonds is 4. The van der Waals surface area contributed by atoms with Gasteiger partial charge in [0.25, 0.3) is 0 Å². The molecular formula is C20H23N3O2. The Kier molecular flexibility index (Phi) is 3.96. The fourth-order valence-electron chi connectivity index (χ4n) is 4.22. The Labute approximate surface area is 147 Å². The zero-order valence-corrected chi connectivity index (χ0v) is 14.5. The number of anilines is 1. The van der Waals surface area contributed by atoms with Crippen LogP contribution in [0.25, 0.3) is 0 Å². The molecule has 0 fully saturated rings. The van der Waals surface area contributed by atoms with E-state index in [1.165, 1.54) is 5.56 Å². The Bertz CT molecular complexity index is 826. The van der Waals surface area contributed by atoms with E-state index in [0.717, 1.165) is 24.2 Å². The number of carbonyl (C=O) groups excluding carboxylic acids is 1. The summed E-state index contributed by atoms with van der Waals surface area (Å²) >= 11 is 0. The SMILES string of the molecule is CCCC1c2ccccc2N2C(=O)C(C(O)c3nc[nH]c3C)C=CC12. The molecule has 5 nitrogen and oxygen atoms in total. The molecule has 0 bridgehead atoms. The lowest BCUT2D eigenvalue weighted by Crippen LogP contribution is -2.46. The van der Waals surface area contributed by atoms with Crippen LogP contribution in [0.4, 0.5) is 5.69 Å². The van der Waals surface area contributed by atoms with Crippen LogP contribution in [-0.4, -0.2) is 27.0 Å². The molecule has 4 atom stereocenters. The van der Waals surface area contributed by atoms with Gasteiger partial charge >= 0.3 is 0 Å². The molecule has 0 aliphatic carbocycles. The molecule has 0 saturated carbocycles. The first-order chi connectivity index (χ1) is 12.1. The van der Waals surface area contributed by atoms with Gasteiger partial charge in [-0.05, 0) is 25.0 Å². The Hall–Kier alpha value is -2.40. The highest BCUT2D eigenvalue weighted by atomic mass is 16.3. The highest BCUT2D eigenvalue weighted by Gasteiger charge is 2.45. The third-order valence-corrected chi connectivity index (χ3v) is 5.43. The predicted molar refractivity (Wildman–Crippen MR) is 96.3 cm³/mol. The van der Waals surface area contributed by atoms with Gasteiger partial charge in [0.1, 0.15) is 6.10 Å². The molecule has 5 heteroatoms. The van der Waals surface area contributed by atoms with Crippen LogP contribution >= 0.6 is 0 Å².